The minimum Gasteiger partial charge on any atom is -0.304 e. The van der Waals surface area contributed by atoms with E-state index in [2.05, 4.69) is 34.8 Å². The smallest absolute Gasteiger partial charge is 0.125 e. The number of aromatic nitrogens is 1. The van der Waals surface area contributed by atoms with Crippen LogP contribution in [0.2, 0.25) is 0 Å². The second kappa shape index (κ2) is 5.26. The highest BCUT2D eigenvalue weighted by Gasteiger charge is 2.28. The summed E-state index contributed by atoms with van der Waals surface area (Å²) in [5, 5.41) is 9.38. The van der Waals surface area contributed by atoms with Gasteiger partial charge >= 0.3 is 0 Å². The van der Waals surface area contributed by atoms with Gasteiger partial charge < -0.3 is 4.90 Å². The average molecular weight is 230 g/mol. The maximum absolute atomic E-state index is 9.38. The summed E-state index contributed by atoms with van der Waals surface area (Å²) in [4.78, 5) is 8.67. The van der Waals surface area contributed by atoms with Crippen LogP contribution in [0.1, 0.15) is 18.5 Å². The molecule has 0 aliphatic carbocycles. The molecule has 17 heavy (non-hydrogen) atoms. The molecule has 0 spiro atoms. The summed E-state index contributed by atoms with van der Waals surface area (Å²) < 4.78 is 0. The summed E-state index contributed by atoms with van der Waals surface area (Å²) in [6.07, 6.45) is 3.53. The van der Waals surface area contributed by atoms with Crippen molar-refractivity contribution in [2.45, 2.75) is 19.0 Å². The quantitative estimate of drug-likeness (QED) is 0.767. The van der Waals surface area contributed by atoms with Crippen LogP contribution in [0.5, 0.6) is 0 Å². The van der Waals surface area contributed by atoms with Gasteiger partial charge in [-0.15, -0.1) is 0 Å². The molecular weight excluding hydrogens is 212 g/mol. The van der Waals surface area contributed by atoms with Gasteiger partial charge in [0.15, 0.2) is 0 Å². The number of pyridine rings is 1. The molecule has 1 aromatic rings. The Labute approximate surface area is 102 Å². The third-order valence-electron chi connectivity index (χ3n) is 3.34. The molecule has 2 heterocycles. The fourth-order valence-corrected chi connectivity index (χ4v) is 2.42. The van der Waals surface area contributed by atoms with Crippen LogP contribution in [0.4, 0.5) is 0 Å². The SMILES string of the molecule is CC1CN(C)CCN1C(C#N)c1cccnc1. The molecule has 4 nitrogen and oxygen atoms in total. The number of rotatable bonds is 2. The van der Waals surface area contributed by atoms with E-state index >= 15 is 0 Å². The molecule has 1 aliphatic rings. The van der Waals surface area contributed by atoms with Gasteiger partial charge in [0.2, 0.25) is 0 Å². The maximum atomic E-state index is 9.38. The molecule has 0 aromatic carbocycles. The van der Waals surface area contributed by atoms with Gasteiger partial charge in [0.25, 0.3) is 0 Å². The number of hydrogen-bond acceptors (Lipinski definition) is 4. The first-order valence-corrected chi connectivity index (χ1v) is 5.96. The highest BCUT2D eigenvalue weighted by molar-refractivity contribution is 5.21. The van der Waals surface area contributed by atoms with E-state index in [1.807, 2.05) is 12.1 Å². The highest BCUT2D eigenvalue weighted by atomic mass is 15.3. The first kappa shape index (κ1) is 12.0. The molecule has 0 bridgehead atoms. The van der Waals surface area contributed by atoms with E-state index in [0.717, 1.165) is 25.2 Å². The highest BCUT2D eigenvalue weighted by Crippen LogP contribution is 2.23. The van der Waals surface area contributed by atoms with E-state index < -0.39 is 0 Å². The van der Waals surface area contributed by atoms with Crippen molar-refractivity contribution in [2.75, 3.05) is 26.7 Å². The molecule has 0 N–H and O–H groups in total. The summed E-state index contributed by atoms with van der Waals surface area (Å²) in [6, 6.07) is 6.50. The fraction of sp³-hybridized carbons (Fsp3) is 0.538. The molecule has 0 radical (unpaired) electrons. The van der Waals surface area contributed by atoms with Crippen LogP contribution in [0.3, 0.4) is 0 Å². The number of piperazine rings is 1. The fourth-order valence-electron chi connectivity index (χ4n) is 2.42. The second-order valence-corrected chi connectivity index (χ2v) is 4.67. The lowest BCUT2D eigenvalue weighted by molar-refractivity contribution is 0.0796. The summed E-state index contributed by atoms with van der Waals surface area (Å²) in [5.41, 5.74) is 0.992. The van der Waals surface area contributed by atoms with Crippen molar-refractivity contribution in [1.29, 1.82) is 5.26 Å². The normalized spacial score (nSPS) is 24.2. The molecule has 4 heteroatoms. The van der Waals surface area contributed by atoms with Crippen LogP contribution in [0.15, 0.2) is 24.5 Å². The number of likely N-dealkylation sites (N-methyl/N-ethyl adjacent to an activating group) is 1. The van der Waals surface area contributed by atoms with Gasteiger partial charge in [-0.05, 0) is 20.0 Å². The standard InChI is InChI=1S/C13H18N4/c1-11-10-16(2)6-7-17(11)13(8-14)12-4-3-5-15-9-12/h3-5,9,11,13H,6-7,10H2,1-2H3. The molecule has 90 valence electrons. The van der Waals surface area contributed by atoms with Crippen molar-refractivity contribution in [1.82, 2.24) is 14.8 Å². The van der Waals surface area contributed by atoms with Crippen LogP contribution < -0.4 is 0 Å². The summed E-state index contributed by atoms with van der Waals surface area (Å²) in [5.74, 6) is 0. The maximum Gasteiger partial charge on any atom is 0.125 e. The van der Waals surface area contributed by atoms with Gasteiger partial charge in [0.05, 0.1) is 6.07 Å². The zero-order valence-electron chi connectivity index (χ0n) is 10.4. The van der Waals surface area contributed by atoms with Crippen LogP contribution in [0, 0.1) is 11.3 Å². The molecular formula is C13H18N4. The van der Waals surface area contributed by atoms with Crippen LogP contribution in [-0.4, -0.2) is 47.5 Å². The summed E-state index contributed by atoms with van der Waals surface area (Å²) in [7, 11) is 2.12. The Morgan fingerprint density at radius 2 is 2.35 bits per heavy atom. The van der Waals surface area contributed by atoms with E-state index in [-0.39, 0.29) is 6.04 Å². The van der Waals surface area contributed by atoms with Crippen molar-refractivity contribution in [3.05, 3.63) is 30.1 Å². The predicted octanol–water partition coefficient (Wildman–Crippen LogP) is 1.28. The Morgan fingerprint density at radius 1 is 1.53 bits per heavy atom. The van der Waals surface area contributed by atoms with Gasteiger partial charge in [-0.2, -0.15) is 5.26 Å². The summed E-state index contributed by atoms with van der Waals surface area (Å²) >= 11 is 0. The molecule has 1 fully saturated rings. The largest absolute Gasteiger partial charge is 0.304 e. The zero-order valence-corrected chi connectivity index (χ0v) is 10.4. The Kier molecular flexibility index (Phi) is 3.72. The summed E-state index contributed by atoms with van der Waals surface area (Å²) in [6.45, 7) is 5.14. The Balaban J connectivity index is 2.17. The third-order valence-corrected chi connectivity index (χ3v) is 3.34. The molecule has 2 rings (SSSR count). The number of nitrogens with zero attached hydrogens (tertiary/aromatic N) is 4. The minimum atomic E-state index is -0.174. The molecule has 2 unspecified atom stereocenters. The lowest BCUT2D eigenvalue weighted by Crippen LogP contribution is -2.51. The first-order valence-electron chi connectivity index (χ1n) is 5.96. The van der Waals surface area contributed by atoms with Gasteiger partial charge in [-0.3, -0.25) is 9.88 Å². The van der Waals surface area contributed by atoms with Crippen molar-refractivity contribution in [2.24, 2.45) is 0 Å². The van der Waals surface area contributed by atoms with Crippen molar-refractivity contribution in [3.63, 3.8) is 0 Å². The second-order valence-electron chi connectivity index (χ2n) is 4.67. The van der Waals surface area contributed by atoms with Gasteiger partial charge in [0.1, 0.15) is 6.04 Å². The molecule has 1 aromatic heterocycles. The molecule has 0 amide bonds. The lowest BCUT2D eigenvalue weighted by atomic mass is 10.0. The zero-order chi connectivity index (χ0) is 12.3. The van der Waals surface area contributed by atoms with Crippen LogP contribution in [0.25, 0.3) is 0 Å². The average Bonchev–Trinajstić information content (AvgIpc) is 2.34. The van der Waals surface area contributed by atoms with Crippen molar-refractivity contribution < 1.29 is 0 Å². The topological polar surface area (TPSA) is 43.2 Å². The minimum absolute atomic E-state index is 0.174. The van der Waals surface area contributed by atoms with E-state index in [1.54, 1.807) is 12.4 Å². The predicted molar refractivity (Wildman–Crippen MR) is 66.3 cm³/mol. The lowest BCUT2D eigenvalue weighted by Gasteiger charge is -2.40. The first-order chi connectivity index (χ1) is 8.22. The Morgan fingerprint density at radius 3 is 2.94 bits per heavy atom. The Bertz CT molecular complexity index is 398. The van der Waals surface area contributed by atoms with Gasteiger partial charge in [-0.1, -0.05) is 6.07 Å². The molecule has 2 atom stereocenters. The van der Waals surface area contributed by atoms with E-state index in [1.165, 1.54) is 0 Å². The monoisotopic (exact) mass is 230 g/mol. The number of nitriles is 1. The Hall–Kier alpha value is -1.44. The van der Waals surface area contributed by atoms with E-state index in [0.29, 0.717) is 6.04 Å². The van der Waals surface area contributed by atoms with Gasteiger partial charge in [-0.25, -0.2) is 0 Å². The van der Waals surface area contributed by atoms with Crippen molar-refractivity contribution >= 4 is 0 Å². The number of hydrogen-bond donors (Lipinski definition) is 0. The molecule has 1 saturated heterocycles. The van der Waals surface area contributed by atoms with E-state index in [9.17, 15) is 5.26 Å². The molecule has 1 aliphatic heterocycles. The van der Waals surface area contributed by atoms with E-state index in [4.69, 9.17) is 0 Å². The third kappa shape index (κ3) is 2.63. The molecule has 0 saturated carbocycles. The van der Waals surface area contributed by atoms with Gasteiger partial charge in [0, 0.05) is 43.6 Å². The van der Waals surface area contributed by atoms with Crippen LogP contribution >= 0.6 is 0 Å². The van der Waals surface area contributed by atoms with Crippen LogP contribution in [-0.2, 0) is 0 Å². The van der Waals surface area contributed by atoms with Crippen molar-refractivity contribution in [3.8, 4) is 6.07 Å².